The van der Waals surface area contributed by atoms with E-state index in [9.17, 15) is 4.79 Å². The van der Waals surface area contributed by atoms with Gasteiger partial charge in [-0.25, -0.2) is 4.98 Å². The summed E-state index contributed by atoms with van der Waals surface area (Å²) < 4.78 is 7.54. The van der Waals surface area contributed by atoms with Crippen LogP contribution in [0.2, 0.25) is 0 Å². The van der Waals surface area contributed by atoms with Crippen LogP contribution in [0.5, 0.6) is 5.75 Å². The highest BCUT2D eigenvalue weighted by Crippen LogP contribution is 2.26. The second kappa shape index (κ2) is 9.07. The van der Waals surface area contributed by atoms with Gasteiger partial charge < -0.3 is 14.6 Å². The number of rotatable bonds is 8. The van der Waals surface area contributed by atoms with Crippen LogP contribution in [0.25, 0.3) is 15.6 Å². The fourth-order valence-electron chi connectivity index (χ4n) is 2.96. The van der Waals surface area contributed by atoms with Gasteiger partial charge in [-0.05, 0) is 54.8 Å². The molecule has 4 rings (SSSR count). The first-order chi connectivity index (χ1) is 14.2. The Bertz CT molecular complexity index is 1070. The maximum absolute atomic E-state index is 12.4. The van der Waals surface area contributed by atoms with E-state index in [4.69, 9.17) is 4.74 Å². The summed E-state index contributed by atoms with van der Waals surface area (Å²) in [6.45, 7) is 3.12. The zero-order chi connectivity index (χ0) is 20.1. The molecule has 0 spiro atoms. The third kappa shape index (κ3) is 4.75. The number of nitrogens with one attached hydrogen (secondary N) is 1. The monoisotopic (exact) mass is 423 g/mol. The van der Waals surface area contributed by atoms with Crippen LogP contribution < -0.4 is 10.1 Å². The summed E-state index contributed by atoms with van der Waals surface area (Å²) in [6.07, 6.45) is 4.29. The van der Waals surface area contributed by atoms with Crippen LogP contribution in [-0.2, 0) is 17.8 Å². The third-order valence-corrected chi connectivity index (χ3v) is 6.25. The van der Waals surface area contributed by atoms with Crippen LogP contribution in [0.3, 0.4) is 0 Å². The Hall–Kier alpha value is -2.90. The largest absolute Gasteiger partial charge is 0.494 e. The molecule has 0 atom stereocenters. The normalized spacial score (nSPS) is 10.8. The lowest BCUT2D eigenvalue weighted by Gasteiger charge is -2.07. The highest BCUT2D eigenvalue weighted by Gasteiger charge is 2.11. The lowest BCUT2D eigenvalue weighted by Crippen LogP contribution is -2.24. The quantitative estimate of drug-likeness (QED) is 0.438. The van der Waals surface area contributed by atoms with E-state index >= 15 is 0 Å². The number of nitrogens with zero attached hydrogens (tertiary/aromatic N) is 2. The van der Waals surface area contributed by atoms with E-state index in [0.29, 0.717) is 13.2 Å². The van der Waals surface area contributed by atoms with Gasteiger partial charge in [0.15, 0.2) is 0 Å². The number of hydrogen-bond donors (Lipinski definition) is 1. The van der Waals surface area contributed by atoms with Crippen molar-refractivity contribution in [1.82, 2.24) is 14.9 Å². The predicted molar refractivity (Wildman–Crippen MR) is 118 cm³/mol. The van der Waals surface area contributed by atoms with Crippen molar-refractivity contribution in [2.45, 2.75) is 19.9 Å². The molecule has 0 saturated carbocycles. The van der Waals surface area contributed by atoms with E-state index < -0.39 is 0 Å². The van der Waals surface area contributed by atoms with Gasteiger partial charge in [0.2, 0.25) is 5.91 Å². The predicted octanol–water partition coefficient (Wildman–Crippen LogP) is 4.92. The van der Waals surface area contributed by atoms with E-state index in [1.54, 1.807) is 22.7 Å². The molecule has 1 N–H and O–H groups in total. The van der Waals surface area contributed by atoms with Crippen molar-refractivity contribution in [2.75, 3.05) is 6.61 Å². The van der Waals surface area contributed by atoms with Crippen LogP contribution in [0.1, 0.15) is 18.2 Å². The smallest absolute Gasteiger partial charge is 0.226 e. The van der Waals surface area contributed by atoms with Gasteiger partial charge in [-0.3, -0.25) is 4.79 Å². The maximum atomic E-state index is 12.4. The summed E-state index contributed by atoms with van der Waals surface area (Å²) in [7, 11) is 0. The Balaban J connectivity index is 1.34. The number of amides is 1. The molecule has 0 fully saturated rings. The van der Waals surface area contributed by atoms with Crippen molar-refractivity contribution in [2.24, 2.45) is 0 Å². The lowest BCUT2D eigenvalue weighted by molar-refractivity contribution is -0.120. The number of thiophene rings is 1. The van der Waals surface area contributed by atoms with E-state index in [0.717, 1.165) is 32.6 Å². The van der Waals surface area contributed by atoms with Crippen molar-refractivity contribution < 1.29 is 9.53 Å². The molecule has 29 heavy (non-hydrogen) atoms. The molecule has 7 heteroatoms. The minimum absolute atomic E-state index is 0.0294. The molecule has 3 aromatic heterocycles. The van der Waals surface area contributed by atoms with Crippen molar-refractivity contribution in [3.63, 3.8) is 0 Å². The number of hydrogen-bond acceptors (Lipinski definition) is 5. The van der Waals surface area contributed by atoms with E-state index in [1.807, 2.05) is 72.5 Å². The zero-order valence-electron chi connectivity index (χ0n) is 16.0. The zero-order valence-corrected chi connectivity index (χ0v) is 17.6. The van der Waals surface area contributed by atoms with Gasteiger partial charge in [0.05, 0.1) is 18.7 Å². The molecule has 1 aromatic carbocycles. The summed E-state index contributed by atoms with van der Waals surface area (Å²) in [5.41, 5.74) is 2.92. The van der Waals surface area contributed by atoms with Gasteiger partial charge in [0, 0.05) is 35.4 Å². The maximum Gasteiger partial charge on any atom is 0.226 e. The minimum Gasteiger partial charge on any atom is -0.494 e. The van der Waals surface area contributed by atoms with E-state index in [-0.39, 0.29) is 12.3 Å². The molecule has 0 aliphatic rings. The van der Waals surface area contributed by atoms with Gasteiger partial charge in [-0.15, -0.1) is 22.7 Å². The number of ether oxygens (including phenoxy) is 1. The molecule has 0 saturated heterocycles. The summed E-state index contributed by atoms with van der Waals surface area (Å²) >= 11 is 3.21. The first-order valence-corrected chi connectivity index (χ1v) is 11.1. The van der Waals surface area contributed by atoms with Crippen LogP contribution in [0.4, 0.5) is 0 Å². The van der Waals surface area contributed by atoms with Gasteiger partial charge in [0.25, 0.3) is 0 Å². The number of thiazole rings is 1. The summed E-state index contributed by atoms with van der Waals surface area (Å²) in [4.78, 5) is 17.0. The van der Waals surface area contributed by atoms with Gasteiger partial charge >= 0.3 is 0 Å². The highest BCUT2D eigenvalue weighted by molar-refractivity contribution is 7.13. The molecule has 0 aliphatic carbocycles. The molecule has 0 bridgehead atoms. The molecule has 148 valence electrons. The van der Waals surface area contributed by atoms with E-state index in [1.165, 1.54) is 0 Å². The summed E-state index contributed by atoms with van der Waals surface area (Å²) in [5.74, 6) is 0.818. The SMILES string of the molecule is CCOc1ccc(-c2nc(CC(=O)NCc3ccsc3-n3cccc3)cs2)cc1. The Morgan fingerprint density at radius 2 is 1.93 bits per heavy atom. The highest BCUT2D eigenvalue weighted by atomic mass is 32.1. The van der Waals surface area contributed by atoms with Crippen molar-refractivity contribution >= 4 is 28.6 Å². The average Bonchev–Trinajstić information content (AvgIpc) is 3.48. The Morgan fingerprint density at radius 1 is 1.14 bits per heavy atom. The molecular formula is C22H21N3O2S2. The second-order valence-electron chi connectivity index (χ2n) is 6.40. The van der Waals surface area contributed by atoms with Crippen molar-refractivity contribution in [3.8, 4) is 21.3 Å². The van der Waals surface area contributed by atoms with Crippen LogP contribution in [0.15, 0.2) is 65.6 Å². The Kier molecular flexibility index (Phi) is 6.07. The minimum atomic E-state index is -0.0294. The van der Waals surface area contributed by atoms with Gasteiger partial charge in [-0.1, -0.05) is 0 Å². The number of carbonyl (C=O) groups is 1. The second-order valence-corrected chi connectivity index (χ2v) is 8.15. The average molecular weight is 424 g/mol. The summed E-state index contributed by atoms with van der Waals surface area (Å²) in [5, 5.41) is 9.03. The van der Waals surface area contributed by atoms with Crippen LogP contribution in [-0.4, -0.2) is 22.1 Å². The number of aromatic nitrogens is 2. The number of benzene rings is 1. The first kappa shape index (κ1) is 19.4. The fourth-order valence-corrected chi connectivity index (χ4v) is 4.68. The molecular weight excluding hydrogens is 402 g/mol. The molecule has 3 heterocycles. The van der Waals surface area contributed by atoms with Crippen molar-refractivity contribution in [1.29, 1.82) is 0 Å². The topological polar surface area (TPSA) is 56.1 Å². The molecule has 5 nitrogen and oxygen atoms in total. The molecule has 0 unspecified atom stereocenters. The standard InChI is InChI=1S/C22H21N3O2S2/c1-2-27-19-7-5-16(6-8-19)21-24-18(15-29-21)13-20(26)23-14-17-9-12-28-22(17)25-10-3-4-11-25/h3-12,15H,2,13-14H2,1H3,(H,23,26). The van der Waals surface area contributed by atoms with Gasteiger partial charge in [-0.2, -0.15) is 0 Å². The Morgan fingerprint density at radius 3 is 2.69 bits per heavy atom. The number of carbonyl (C=O) groups excluding carboxylic acids is 1. The van der Waals surface area contributed by atoms with Crippen LogP contribution in [0, 0.1) is 0 Å². The van der Waals surface area contributed by atoms with Crippen molar-refractivity contribution in [3.05, 3.63) is 76.9 Å². The summed E-state index contributed by atoms with van der Waals surface area (Å²) in [6, 6.07) is 13.9. The molecule has 0 radical (unpaired) electrons. The molecule has 1 amide bonds. The van der Waals surface area contributed by atoms with E-state index in [2.05, 4.69) is 14.9 Å². The van der Waals surface area contributed by atoms with Gasteiger partial charge in [0.1, 0.15) is 15.8 Å². The fraction of sp³-hybridized carbons (Fsp3) is 0.182. The third-order valence-electron chi connectivity index (χ3n) is 4.34. The van der Waals surface area contributed by atoms with Crippen LogP contribution >= 0.6 is 22.7 Å². The first-order valence-electron chi connectivity index (χ1n) is 9.37. The molecule has 0 aliphatic heterocycles. The molecule has 4 aromatic rings. The Labute approximate surface area is 177 Å². The lowest BCUT2D eigenvalue weighted by atomic mass is 10.2.